The molecule has 0 fully saturated rings. The molecule has 0 amide bonds. The molecule has 1 N–H and O–H groups in total. The van der Waals surface area contributed by atoms with E-state index in [-0.39, 0.29) is 12.2 Å². The van der Waals surface area contributed by atoms with Crippen LogP contribution in [0.4, 0.5) is 0 Å². The van der Waals surface area contributed by atoms with Crippen molar-refractivity contribution in [1.29, 1.82) is 0 Å². The fourth-order valence-electron chi connectivity index (χ4n) is 8.18. The summed E-state index contributed by atoms with van der Waals surface area (Å²) in [5, 5.41) is 16.1. The molecule has 9 rings (SSSR count). The number of nitrogens with zero attached hydrogens (tertiary/aromatic N) is 5. The molecule has 0 radical (unpaired) electrons. The summed E-state index contributed by atoms with van der Waals surface area (Å²) >= 11 is 0. The molecule has 59 heavy (non-hydrogen) atoms. The normalized spacial score (nSPS) is 11.7. The lowest BCUT2D eigenvalue weighted by Gasteiger charge is -2.36. The number of ketones is 1. The van der Waals surface area contributed by atoms with Gasteiger partial charge in [0.2, 0.25) is 0 Å². The minimum absolute atomic E-state index is 0.0103. The van der Waals surface area contributed by atoms with Crippen LogP contribution in [0.5, 0.6) is 0 Å². The molecule has 0 saturated heterocycles. The molecule has 0 spiro atoms. The van der Waals surface area contributed by atoms with Crippen LogP contribution in [0.2, 0.25) is 0 Å². The first-order valence-corrected chi connectivity index (χ1v) is 20.1. The Hall–Kier alpha value is -7.51. The molecule has 0 aliphatic rings. The van der Waals surface area contributed by atoms with Gasteiger partial charge in [0.25, 0.3) is 0 Å². The smallest absolute Gasteiger partial charge is 0.185 e. The van der Waals surface area contributed by atoms with E-state index < -0.39 is 5.54 Å². The predicted octanol–water partition coefficient (Wildman–Crippen LogP) is 11.3. The van der Waals surface area contributed by atoms with E-state index in [0.717, 1.165) is 68.6 Å². The Bertz CT molecular complexity index is 2780. The van der Waals surface area contributed by atoms with Crippen molar-refractivity contribution in [2.75, 3.05) is 0 Å². The first kappa shape index (κ1) is 37.1. The summed E-state index contributed by atoms with van der Waals surface area (Å²) < 4.78 is 1.96. The number of aromatic amines is 1. The van der Waals surface area contributed by atoms with Crippen molar-refractivity contribution in [2.45, 2.75) is 31.7 Å². The summed E-state index contributed by atoms with van der Waals surface area (Å²) in [5.74, 6) is 1.44. The largest absolute Gasteiger partial charge is 0.339 e. The Labute approximate surface area is 343 Å². The summed E-state index contributed by atoms with van der Waals surface area (Å²) in [6, 6.07) is 62.2. The second kappa shape index (κ2) is 16.5. The maximum atomic E-state index is 14.0. The molecule has 7 nitrogen and oxygen atoms in total. The fourth-order valence-corrected chi connectivity index (χ4v) is 8.18. The van der Waals surface area contributed by atoms with E-state index in [4.69, 9.17) is 15.3 Å². The van der Waals surface area contributed by atoms with Crippen molar-refractivity contribution >= 4 is 28.7 Å². The zero-order chi connectivity index (χ0) is 40.0. The maximum Gasteiger partial charge on any atom is 0.185 e. The fraction of sp³-hybridized carbons (Fsp3) is 0.0962. The van der Waals surface area contributed by atoms with Crippen LogP contribution < -0.4 is 0 Å². The lowest BCUT2D eigenvalue weighted by atomic mass is 9.77. The number of carbonyl (C=O) groups excluding carboxylic acids is 1. The van der Waals surface area contributed by atoms with E-state index in [9.17, 15) is 4.79 Å². The second-order valence-corrected chi connectivity index (χ2v) is 14.7. The molecular formula is C52H42N6O. The van der Waals surface area contributed by atoms with Crippen LogP contribution in [0.1, 0.15) is 63.2 Å². The number of tetrazole rings is 1. The monoisotopic (exact) mass is 766 g/mol. The number of carbonyl (C=O) groups is 1. The molecule has 7 aromatic carbocycles. The van der Waals surface area contributed by atoms with Gasteiger partial charge in [-0.3, -0.25) is 4.79 Å². The van der Waals surface area contributed by atoms with Gasteiger partial charge in [-0.2, -0.15) is 0 Å². The molecule has 9 aromatic rings. The lowest BCUT2D eigenvalue weighted by Crippen LogP contribution is -2.39. The van der Waals surface area contributed by atoms with Gasteiger partial charge in [0.1, 0.15) is 17.1 Å². The Morgan fingerprint density at radius 2 is 1.24 bits per heavy atom. The van der Waals surface area contributed by atoms with Gasteiger partial charge in [0.15, 0.2) is 11.6 Å². The summed E-state index contributed by atoms with van der Waals surface area (Å²) in [4.78, 5) is 22.2. The summed E-state index contributed by atoms with van der Waals surface area (Å²) in [6.07, 6.45) is 5.94. The summed E-state index contributed by atoms with van der Waals surface area (Å²) in [7, 11) is 0. The Balaban J connectivity index is 1.05. The van der Waals surface area contributed by atoms with E-state index in [1.807, 2.05) is 65.4 Å². The second-order valence-electron chi connectivity index (χ2n) is 14.7. The van der Waals surface area contributed by atoms with E-state index >= 15 is 0 Å². The third kappa shape index (κ3) is 7.19. The van der Waals surface area contributed by atoms with Crippen molar-refractivity contribution in [2.24, 2.45) is 0 Å². The molecule has 0 atom stereocenters. The number of hydrogen-bond donors (Lipinski definition) is 1. The Morgan fingerprint density at radius 1 is 0.644 bits per heavy atom. The lowest BCUT2D eigenvalue weighted by molar-refractivity contribution is 0.0988. The minimum Gasteiger partial charge on any atom is -0.339 e. The van der Waals surface area contributed by atoms with Gasteiger partial charge in [0.05, 0.1) is 5.69 Å². The average Bonchev–Trinajstić information content (AvgIpc) is 3.95. The molecule has 0 saturated carbocycles. The zero-order valence-electron chi connectivity index (χ0n) is 32.7. The third-order valence-electron chi connectivity index (χ3n) is 11.0. The van der Waals surface area contributed by atoms with E-state index in [0.29, 0.717) is 17.2 Å². The molecule has 7 heteroatoms. The van der Waals surface area contributed by atoms with Crippen molar-refractivity contribution in [3.05, 3.63) is 227 Å². The van der Waals surface area contributed by atoms with E-state index in [1.54, 1.807) is 0 Å². The number of aryl methyl sites for hydroxylation is 1. The van der Waals surface area contributed by atoms with Gasteiger partial charge in [-0.05, 0) is 72.6 Å². The number of aromatic nitrogens is 6. The van der Waals surface area contributed by atoms with Crippen molar-refractivity contribution in [3.8, 4) is 22.5 Å². The van der Waals surface area contributed by atoms with Gasteiger partial charge in [0, 0.05) is 18.4 Å². The standard InChI is InChI=1S/C52H42N6O/c1-2-17-49-53-47(35-34-39-20-16-19-38-18-12-13-27-44(38)39)50(54-49)48(59)36-37-30-32-40(33-31-37)45-28-14-15-29-46(45)51-55-56-57-58(51)52(41-21-6-3-7-22-41,42-23-8-4-9-24-42)43-25-10-5-11-26-43/h3-16,18-35H,2,17,36H2,1H3,(H,53,54)/b35-34-. The van der Waals surface area contributed by atoms with Crippen LogP contribution in [-0.4, -0.2) is 36.0 Å². The highest BCUT2D eigenvalue weighted by molar-refractivity contribution is 6.00. The van der Waals surface area contributed by atoms with Crippen LogP contribution in [-0.2, 0) is 18.4 Å². The molecule has 0 bridgehead atoms. The van der Waals surface area contributed by atoms with Crippen LogP contribution in [0.25, 0.3) is 45.4 Å². The molecule has 2 aromatic heterocycles. The SMILES string of the molecule is CCCc1nc(/C=C\c2cccc3ccccc23)c(C(=O)Cc2ccc(-c3ccccc3-c3nnnn3C(c3ccccc3)(c3ccccc3)c3ccccc3)cc2)[nH]1. The van der Waals surface area contributed by atoms with Gasteiger partial charge in [-0.15, -0.1) is 5.10 Å². The van der Waals surface area contributed by atoms with Crippen molar-refractivity contribution < 1.29 is 4.79 Å². The molecule has 286 valence electrons. The van der Waals surface area contributed by atoms with Gasteiger partial charge in [-0.25, -0.2) is 9.67 Å². The van der Waals surface area contributed by atoms with Crippen LogP contribution in [0.3, 0.4) is 0 Å². The number of rotatable bonds is 13. The van der Waals surface area contributed by atoms with E-state index in [2.05, 4.69) is 151 Å². The number of nitrogens with one attached hydrogen (secondary N) is 1. The van der Waals surface area contributed by atoms with Crippen LogP contribution >= 0.6 is 0 Å². The number of benzene rings is 7. The first-order chi connectivity index (χ1) is 29.1. The molecule has 0 aliphatic heterocycles. The van der Waals surface area contributed by atoms with Crippen molar-refractivity contribution in [3.63, 3.8) is 0 Å². The number of imidazole rings is 1. The zero-order valence-corrected chi connectivity index (χ0v) is 32.7. The summed E-state index contributed by atoms with van der Waals surface area (Å²) in [5.41, 5.74) is 8.24. The first-order valence-electron chi connectivity index (χ1n) is 20.1. The topological polar surface area (TPSA) is 89.3 Å². The highest BCUT2D eigenvalue weighted by Gasteiger charge is 2.42. The average molecular weight is 767 g/mol. The number of H-pyrrole nitrogens is 1. The van der Waals surface area contributed by atoms with Crippen LogP contribution in [0.15, 0.2) is 182 Å². The van der Waals surface area contributed by atoms with E-state index in [1.165, 1.54) is 5.39 Å². The number of Topliss-reactive ketones (excluding diaryl/α,β-unsaturated/α-hetero) is 1. The van der Waals surface area contributed by atoms with Crippen molar-refractivity contribution in [1.82, 2.24) is 30.2 Å². The van der Waals surface area contributed by atoms with Gasteiger partial charge in [-0.1, -0.05) is 195 Å². The predicted molar refractivity (Wildman–Crippen MR) is 237 cm³/mol. The molecule has 2 heterocycles. The summed E-state index contributed by atoms with van der Waals surface area (Å²) in [6.45, 7) is 2.11. The highest BCUT2D eigenvalue weighted by atomic mass is 16.1. The number of fused-ring (bicyclic) bond motifs is 1. The Kier molecular flexibility index (Phi) is 10.4. The van der Waals surface area contributed by atoms with Gasteiger partial charge >= 0.3 is 0 Å². The minimum atomic E-state index is -0.882. The molecule has 0 unspecified atom stereocenters. The number of hydrogen-bond acceptors (Lipinski definition) is 5. The highest BCUT2D eigenvalue weighted by Crippen LogP contribution is 2.43. The van der Waals surface area contributed by atoms with Gasteiger partial charge < -0.3 is 4.98 Å². The molecule has 0 aliphatic carbocycles. The molecular weight excluding hydrogens is 725 g/mol. The Morgan fingerprint density at radius 3 is 1.90 bits per heavy atom. The maximum absolute atomic E-state index is 14.0. The third-order valence-corrected chi connectivity index (χ3v) is 11.0. The van der Waals surface area contributed by atoms with Crippen LogP contribution in [0, 0.1) is 0 Å². The quantitative estimate of drug-likeness (QED) is 0.0932.